The van der Waals surface area contributed by atoms with Crippen molar-refractivity contribution in [3.8, 4) is 0 Å². The number of halogens is 4. The molecule has 0 aromatic heterocycles. The summed E-state index contributed by atoms with van der Waals surface area (Å²) in [6.45, 7) is 3.08. The van der Waals surface area contributed by atoms with Crippen LogP contribution in [0, 0.1) is 12.7 Å². The van der Waals surface area contributed by atoms with Crippen LogP contribution < -0.4 is 0 Å². The van der Waals surface area contributed by atoms with Gasteiger partial charge in [-0.3, -0.25) is 0 Å². The largest absolute Gasteiger partial charge is 0.464 e. The van der Waals surface area contributed by atoms with Gasteiger partial charge in [0.25, 0.3) is 0 Å². The van der Waals surface area contributed by atoms with Gasteiger partial charge in [-0.25, -0.2) is 9.18 Å². The molecule has 0 bridgehead atoms. The van der Waals surface area contributed by atoms with Crippen molar-refractivity contribution in [2.24, 2.45) is 10.3 Å². The monoisotopic (exact) mass is 440 g/mol. The average Bonchev–Trinajstić information content (AvgIpc) is 2.72. The molecule has 0 spiro atoms. The molecular formula is C21H20F4N2O4. The summed E-state index contributed by atoms with van der Waals surface area (Å²) in [5.74, 6) is -2.10. The lowest BCUT2D eigenvalue weighted by Gasteiger charge is -2.13. The summed E-state index contributed by atoms with van der Waals surface area (Å²) in [6.07, 6.45) is -4.83. The van der Waals surface area contributed by atoms with Crippen LogP contribution in [0.3, 0.4) is 0 Å². The van der Waals surface area contributed by atoms with Gasteiger partial charge in [-0.05, 0) is 37.1 Å². The number of ether oxygens (including phenoxy) is 1. The van der Waals surface area contributed by atoms with Crippen LogP contribution in [0.2, 0.25) is 0 Å². The van der Waals surface area contributed by atoms with E-state index in [0.717, 1.165) is 11.6 Å². The number of carbonyl (C=O) groups excluding carboxylic acids is 1. The maximum absolute atomic E-state index is 13.5. The topological polar surface area (TPSA) is 69.5 Å². The fourth-order valence-corrected chi connectivity index (χ4v) is 2.71. The van der Waals surface area contributed by atoms with Gasteiger partial charge in [0.1, 0.15) is 19.5 Å². The van der Waals surface area contributed by atoms with Crippen molar-refractivity contribution in [2.75, 3.05) is 14.2 Å². The fraction of sp³-hybridized carbons (Fsp3) is 0.286. The molecule has 0 radical (unpaired) electrons. The summed E-state index contributed by atoms with van der Waals surface area (Å²) in [7, 11) is 2.48. The Hall–Kier alpha value is -3.43. The minimum Gasteiger partial charge on any atom is -0.464 e. The Bertz CT molecular complexity index is 1020. The summed E-state index contributed by atoms with van der Waals surface area (Å²) < 4.78 is 56.9. The van der Waals surface area contributed by atoms with E-state index in [-0.39, 0.29) is 23.6 Å². The molecule has 0 heterocycles. The highest BCUT2D eigenvalue weighted by molar-refractivity contribution is 6.43. The van der Waals surface area contributed by atoms with Crippen LogP contribution in [0.15, 0.2) is 46.7 Å². The zero-order valence-electron chi connectivity index (χ0n) is 17.2. The molecule has 2 aromatic rings. The van der Waals surface area contributed by atoms with Crippen molar-refractivity contribution < 1.29 is 36.8 Å². The highest BCUT2D eigenvalue weighted by Crippen LogP contribution is 2.32. The zero-order valence-corrected chi connectivity index (χ0v) is 17.2. The van der Waals surface area contributed by atoms with Crippen molar-refractivity contribution >= 4 is 17.4 Å². The highest BCUT2D eigenvalue weighted by atomic mass is 19.4. The second-order valence-electron chi connectivity index (χ2n) is 6.36. The summed E-state index contributed by atoms with van der Waals surface area (Å²) >= 11 is 0. The van der Waals surface area contributed by atoms with Gasteiger partial charge in [0.2, 0.25) is 0 Å². The van der Waals surface area contributed by atoms with E-state index in [0.29, 0.717) is 17.2 Å². The molecule has 31 heavy (non-hydrogen) atoms. The summed E-state index contributed by atoms with van der Waals surface area (Å²) in [4.78, 5) is 22.1. The normalized spacial score (nSPS) is 12.5. The maximum atomic E-state index is 13.5. The van der Waals surface area contributed by atoms with Crippen molar-refractivity contribution in [1.29, 1.82) is 0 Å². The van der Waals surface area contributed by atoms with Gasteiger partial charge in [-0.1, -0.05) is 34.6 Å². The second-order valence-corrected chi connectivity index (χ2v) is 6.36. The van der Waals surface area contributed by atoms with Crippen molar-refractivity contribution in [1.82, 2.24) is 0 Å². The second kappa shape index (κ2) is 10.1. The van der Waals surface area contributed by atoms with Crippen LogP contribution in [0.4, 0.5) is 17.6 Å². The molecule has 0 aliphatic rings. The molecule has 6 nitrogen and oxygen atoms in total. The molecule has 0 N–H and O–H groups in total. The lowest BCUT2D eigenvalue weighted by molar-refractivity contribution is -0.140. The molecule has 166 valence electrons. The Kier molecular flexibility index (Phi) is 7.73. The summed E-state index contributed by atoms with van der Waals surface area (Å²) in [6, 6.07) is 7.65. The van der Waals surface area contributed by atoms with E-state index in [4.69, 9.17) is 14.4 Å². The van der Waals surface area contributed by atoms with Crippen LogP contribution in [0.25, 0.3) is 0 Å². The van der Waals surface area contributed by atoms with E-state index in [1.54, 1.807) is 25.1 Å². The number of oxime groups is 2. The number of aryl methyl sites for hydroxylation is 1. The lowest BCUT2D eigenvalue weighted by atomic mass is 9.99. The van der Waals surface area contributed by atoms with Gasteiger partial charge in [-0.15, -0.1) is 0 Å². The number of hydrogen-bond acceptors (Lipinski definition) is 6. The van der Waals surface area contributed by atoms with Crippen molar-refractivity contribution in [3.63, 3.8) is 0 Å². The molecule has 0 saturated carbocycles. The smallest absolute Gasteiger partial charge is 0.419 e. The van der Waals surface area contributed by atoms with Crippen molar-refractivity contribution in [2.45, 2.75) is 26.6 Å². The lowest BCUT2D eigenvalue weighted by Crippen LogP contribution is -2.20. The quantitative estimate of drug-likeness (QED) is 0.273. The minimum absolute atomic E-state index is 0.0509. The van der Waals surface area contributed by atoms with Gasteiger partial charge >= 0.3 is 12.1 Å². The Morgan fingerprint density at radius 1 is 1.10 bits per heavy atom. The number of alkyl halides is 3. The number of carbonyl (C=O) groups is 1. The first kappa shape index (κ1) is 23.8. The predicted molar refractivity (Wildman–Crippen MR) is 105 cm³/mol. The van der Waals surface area contributed by atoms with Gasteiger partial charge in [0.05, 0.1) is 18.4 Å². The standard InChI is InChI=1S/C21H20F4N2O4/c1-12-6-5-7-15(19(27-30-4)20(28)29-3)16(12)11-31-26-13(2)14-8-9-18(22)17(10-14)21(23,24)25/h5-10H,11H2,1-4H3/b26-13+,27-19+. The number of hydrogen-bond donors (Lipinski definition) is 0. The highest BCUT2D eigenvalue weighted by Gasteiger charge is 2.34. The van der Waals surface area contributed by atoms with Gasteiger partial charge < -0.3 is 14.4 Å². The van der Waals surface area contributed by atoms with Crippen LogP contribution in [0.1, 0.15) is 34.7 Å². The van der Waals surface area contributed by atoms with Crippen LogP contribution in [0.5, 0.6) is 0 Å². The Balaban J connectivity index is 2.31. The molecule has 0 fully saturated rings. The third kappa shape index (κ3) is 5.80. The summed E-state index contributed by atoms with van der Waals surface area (Å²) in [5, 5.41) is 7.54. The zero-order chi connectivity index (χ0) is 23.2. The van der Waals surface area contributed by atoms with Crippen LogP contribution >= 0.6 is 0 Å². The van der Waals surface area contributed by atoms with Gasteiger partial charge in [0, 0.05) is 11.1 Å². The first-order chi connectivity index (χ1) is 14.6. The number of rotatable bonds is 7. The SMILES string of the molecule is CO/N=C(/C(=O)OC)c1cccc(C)c1CO/N=C(\C)c1ccc(F)c(C(F)(F)F)c1. The van der Waals surface area contributed by atoms with E-state index in [1.807, 2.05) is 0 Å². The molecule has 2 aromatic carbocycles. The molecule has 0 saturated heterocycles. The Morgan fingerprint density at radius 2 is 1.81 bits per heavy atom. The molecule has 2 rings (SSSR count). The molecule has 0 amide bonds. The predicted octanol–water partition coefficient (Wildman–Crippen LogP) is 4.62. The van der Waals surface area contributed by atoms with Crippen molar-refractivity contribution in [3.05, 3.63) is 70.0 Å². The van der Waals surface area contributed by atoms with E-state index >= 15 is 0 Å². The fourth-order valence-electron chi connectivity index (χ4n) is 2.71. The molecule has 0 aliphatic heterocycles. The maximum Gasteiger partial charge on any atom is 0.419 e. The van der Waals surface area contributed by atoms with Crippen LogP contribution in [-0.2, 0) is 32.0 Å². The molecule has 0 aliphatic carbocycles. The van der Waals surface area contributed by atoms with Gasteiger partial charge in [0.15, 0.2) is 5.71 Å². The number of nitrogens with zero attached hydrogens (tertiary/aromatic N) is 2. The first-order valence-electron chi connectivity index (χ1n) is 8.92. The Labute approximate surface area is 176 Å². The minimum atomic E-state index is -4.83. The Morgan fingerprint density at radius 3 is 2.42 bits per heavy atom. The molecular weight excluding hydrogens is 420 g/mol. The first-order valence-corrected chi connectivity index (χ1v) is 8.92. The van der Waals surface area contributed by atoms with E-state index < -0.39 is 23.5 Å². The molecule has 10 heteroatoms. The number of benzene rings is 2. The number of methoxy groups -OCH3 is 1. The third-order valence-corrected chi connectivity index (χ3v) is 4.33. The third-order valence-electron chi connectivity index (χ3n) is 4.33. The van der Waals surface area contributed by atoms with E-state index in [1.165, 1.54) is 27.2 Å². The average molecular weight is 440 g/mol. The number of esters is 1. The van der Waals surface area contributed by atoms with Crippen LogP contribution in [-0.4, -0.2) is 31.6 Å². The molecule has 0 unspecified atom stereocenters. The summed E-state index contributed by atoms with van der Waals surface area (Å²) in [5.41, 5.74) is 0.382. The molecule has 0 atom stereocenters. The van der Waals surface area contributed by atoms with Gasteiger partial charge in [-0.2, -0.15) is 13.2 Å². The van der Waals surface area contributed by atoms with E-state index in [9.17, 15) is 22.4 Å². The van der Waals surface area contributed by atoms with E-state index in [2.05, 4.69) is 10.3 Å².